The van der Waals surface area contributed by atoms with Crippen molar-refractivity contribution in [2.45, 2.75) is 6.92 Å². The second-order valence-electron chi connectivity index (χ2n) is 5.13. The van der Waals surface area contributed by atoms with Crippen LogP contribution in [0.3, 0.4) is 0 Å². The van der Waals surface area contributed by atoms with Gasteiger partial charge in [0.1, 0.15) is 6.54 Å². The number of benzene rings is 1. The third-order valence-electron chi connectivity index (χ3n) is 3.42. The van der Waals surface area contributed by atoms with Crippen LogP contribution in [0.15, 0.2) is 18.2 Å². The normalized spacial score (nSPS) is 13.6. The fraction of sp³-hybridized carbons (Fsp3) is 0.467. The minimum Gasteiger partial charge on any atom is -0.423 e. The van der Waals surface area contributed by atoms with Crippen molar-refractivity contribution >= 4 is 17.6 Å². The number of hydrogen-bond acceptors (Lipinski definition) is 6. The van der Waals surface area contributed by atoms with E-state index in [1.165, 1.54) is 4.90 Å². The lowest BCUT2D eigenvalue weighted by atomic mass is 10.1. The average Bonchev–Trinajstić information content (AvgIpc) is 2.47. The molecule has 2 N–H and O–H groups in total. The van der Waals surface area contributed by atoms with Crippen LogP contribution in [0.2, 0.25) is 0 Å². The Bertz CT molecular complexity index is 555. The summed E-state index contributed by atoms with van der Waals surface area (Å²) in [6.07, 6.45) is 0. The molecule has 0 saturated heterocycles. The Morgan fingerprint density at radius 3 is 2.64 bits per heavy atom. The number of fused-ring (bicyclic) bond motifs is 1. The number of aliphatic hydroxyl groups is 2. The van der Waals surface area contributed by atoms with Crippen LogP contribution < -0.4 is 9.64 Å². The summed E-state index contributed by atoms with van der Waals surface area (Å²) in [5.41, 5.74) is 1.69. The van der Waals surface area contributed by atoms with E-state index in [9.17, 15) is 9.59 Å². The van der Waals surface area contributed by atoms with Gasteiger partial charge in [-0.3, -0.25) is 4.79 Å². The van der Waals surface area contributed by atoms with Crippen LogP contribution in [0.25, 0.3) is 0 Å². The fourth-order valence-corrected chi connectivity index (χ4v) is 2.36. The molecule has 0 fully saturated rings. The van der Waals surface area contributed by atoms with E-state index >= 15 is 0 Å². The van der Waals surface area contributed by atoms with Crippen LogP contribution >= 0.6 is 0 Å². The van der Waals surface area contributed by atoms with E-state index in [1.807, 2.05) is 19.1 Å². The number of hydrogen-bond donors (Lipinski definition) is 2. The third-order valence-corrected chi connectivity index (χ3v) is 3.42. The number of rotatable bonds is 6. The molecule has 22 heavy (non-hydrogen) atoms. The number of amides is 1. The van der Waals surface area contributed by atoms with Crippen molar-refractivity contribution in [1.82, 2.24) is 4.90 Å². The van der Waals surface area contributed by atoms with E-state index in [1.54, 1.807) is 11.0 Å². The van der Waals surface area contributed by atoms with Gasteiger partial charge in [0.05, 0.1) is 25.4 Å². The highest BCUT2D eigenvalue weighted by Gasteiger charge is 2.27. The third kappa shape index (κ3) is 3.75. The number of aryl methyl sites for hydroxylation is 1. The number of carbonyl (C=O) groups is 2. The van der Waals surface area contributed by atoms with Gasteiger partial charge in [0.25, 0.3) is 0 Å². The van der Waals surface area contributed by atoms with Gasteiger partial charge in [-0.1, -0.05) is 6.07 Å². The number of carbonyl (C=O) groups excluding carboxylic acids is 2. The molecule has 1 heterocycles. The van der Waals surface area contributed by atoms with Crippen molar-refractivity contribution in [3.63, 3.8) is 0 Å². The van der Waals surface area contributed by atoms with Gasteiger partial charge in [-0.25, -0.2) is 4.79 Å². The van der Waals surface area contributed by atoms with Gasteiger partial charge in [-0.2, -0.15) is 0 Å². The molecule has 120 valence electrons. The summed E-state index contributed by atoms with van der Waals surface area (Å²) in [6.45, 7) is 1.85. The lowest BCUT2D eigenvalue weighted by Gasteiger charge is -2.31. The predicted molar refractivity (Wildman–Crippen MR) is 79.8 cm³/mol. The minimum absolute atomic E-state index is 0.00567. The lowest BCUT2D eigenvalue weighted by molar-refractivity contribution is -0.134. The van der Waals surface area contributed by atoms with E-state index in [2.05, 4.69) is 0 Å². The first kappa shape index (κ1) is 16.3. The zero-order valence-corrected chi connectivity index (χ0v) is 12.5. The van der Waals surface area contributed by atoms with Crippen molar-refractivity contribution in [1.29, 1.82) is 0 Å². The van der Waals surface area contributed by atoms with Crippen LogP contribution in [0, 0.1) is 6.92 Å². The largest absolute Gasteiger partial charge is 0.423 e. The molecule has 2 rings (SSSR count). The van der Waals surface area contributed by atoms with Crippen molar-refractivity contribution in [3.05, 3.63) is 23.8 Å². The summed E-state index contributed by atoms with van der Waals surface area (Å²) in [5.74, 6) is -0.240. The molecule has 0 aromatic heterocycles. The number of esters is 1. The van der Waals surface area contributed by atoms with Crippen molar-refractivity contribution in [2.24, 2.45) is 0 Å². The lowest BCUT2D eigenvalue weighted by Crippen LogP contribution is -2.46. The van der Waals surface area contributed by atoms with Gasteiger partial charge in [-0.05, 0) is 24.6 Å². The molecule has 0 unspecified atom stereocenters. The Kier molecular flexibility index (Phi) is 5.35. The average molecular weight is 308 g/mol. The minimum atomic E-state index is -0.417. The topological polar surface area (TPSA) is 90.3 Å². The van der Waals surface area contributed by atoms with Gasteiger partial charge >= 0.3 is 5.97 Å². The highest BCUT2D eigenvalue weighted by Crippen LogP contribution is 2.32. The summed E-state index contributed by atoms with van der Waals surface area (Å²) < 4.78 is 5.17. The Morgan fingerprint density at radius 1 is 1.32 bits per heavy atom. The van der Waals surface area contributed by atoms with Crippen molar-refractivity contribution < 1.29 is 24.5 Å². The molecule has 0 bridgehead atoms. The Morgan fingerprint density at radius 2 is 2.00 bits per heavy atom. The van der Waals surface area contributed by atoms with Crippen LogP contribution in [0.4, 0.5) is 5.69 Å². The second kappa shape index (κ2) is 7.24. The standard InChI is InChI=1S/C15H20N2O5/c1-11-2-3-13-12(8-11)17(10-15(21)22-13)9-14(20)16(4-6-18)5-7-19/h2-3,8,18-19H,4-7,9-10H2,1H3. The Hall–Kier alpha value is -2.12. The number of ether oxygens (including phenoxy) is 1. The molecule has 1 aliphatic rings. The van der Waals surface area contributed by atoms with E-state index in [0.29, 0.717) is 11.4 Å². The first-order chi connectivity index (χ1) is 10.5. The highest BCUT2D eigenvalue weighted by atomic mass is 16.5. The number of anilines is 1. The summed E-state index contributed by atoms with van der Waals surface area (Å²) in [7, 11) is 0. The van der Waals surface area contributed by atoms with Gasteiger partial charge in [-0.15, -0.1) is 0 Å². The molecular formula is C15H20N2O5. The number of aliphatic hydroxyl groups excluding tert-OH is 2. The monoisotopic (exact) mass is 308 g/mol. The summed E-state index contributed by atoms with van der Waals surface area (Å²) in [6, 6.07) is 5.40. The van der Waals surface area contributed by atoms with Crippen LogP contribution in [-0.2, 0) is 9.59 Å². The van der Waals surface area contributed by atoms with E-state index in [4.69, 9.17) is 14.9 Å². The van der Waals surface area contributed by atoms with Crippen molar-refractivity contribution in [3.8, 4) is 5.75 Å². The fourth-order valence-electron chi connectivity index (χ4n) is 2.36. The molecule has 1 aliphatic heterocycles. The number of nitrogens with zero attached hydrogens (tertiary/aromatic N) is 2. The molecule has 1 aromatic carbocycles. The molecular weight excluding hydrogens is 288 g/mol. The van der Waals surface area contributed by atoms with Crippen LogP contribution in [-0.4, -0.2) is 66.4 Å². The van der Waals surface area contributed by atoms with E-state index in [0.717, 1.165) is 5.56 Å². The molecule has 0 saturated carbocycles. The molecule has 7 heteroatoms. The second-order valence-corrected chi connectivity index (χ2v) is 5.13. The predicted octanol–water partition coefficient (Wildman–Crippen LogP) is -0.466. The van der Waals surface area contributed by atoms with Crippen LogP contribution in [0.5, 0.6) is 5.75 Å². The Balaban J connectivity index is 2.17. The zero-order valence-electron chi connectivity index (χ0n) is 12.5. The maximum atomic E-state index is 12.3. The smallest absolute Gasteiger partial charge is 0.331 e. The van der Waals surface area contributed by atoms with Crippen molar-refractivity contribution in [2.75, 3.05) is 44.3 Å². The van der Waals surface area contributed by atoms with Gasteiger partial charge in [0.15, 0.2) is 5.75 Å². The Labute approximate surface area is 128 Å². The maximum absolute atomic E-state index is 12.3. The van der Waals surface area contributed by atoms with Gasteiger partial charge in [0.2, 0.25) is 5.91 Å². The van der Waals surface area contributed by atoms with E-state index < -0.39 is 5.97 Å². The highest BCUT2D eigenvalue weighted by molar-refractivity contribution is 5.89. The summed E-state index contributed by atoms with van der Waals surface area (Å²) >= 11 is 0. The molecule has 1 amide bonds. The molecule has 7 nitrogen and oxygen atoms in total. The molecule has 0 aliphatic carbocycles. The molecule has 0 spiro atoms. The summed E-state index contributed by atoms with van der Waals surface area (Å²) in [5, 5.41) is 18.0. The molecule has 0 atom stereocenters. The van der Waals surface area contributed by atoms with Crippen LogP contribution in [0.1, 0.15) is 5.56 Å². The van der Waals surface area contributed by atoms with Gasteiger partial charge < -0.3 is 24.7 Å². The maximum Gasteiger partial charge on any atom is 0.331 e. The quantitative estimate of drug-likeness (QED) is 0.546. The van der Waals surface area contributed by atoms with Gasteiger partial charge in [0, 0.05) is 13.1 Å². The van der Waals surface area contributed by atoms with E-state index in [-0.39, 0.29) is 45.3 Å². The SMILES string of the molecule is Cc1ccc2c(c1)N(CC(=O)N(CCO)CCO)CC(=O)O2. The molecule has 1 aromatic rings. The first-order valence-electron chi connectivity index (χ1n) is 7.11. The first-order valence-corrected chi connectivity index (χ1v) is 7.11. The summed E-state index contributed by atoms with van der Waals surface area (Å²) in [4.78, 5) is 27.0. The molecule has 0 radical (unpaired) electrons. The zero-order chi connectivity index (χ0) is 16.1.